The Kier molecular flexibility index (Phi) is 4.18. The van der Waals surface area contributed by atoms with E-state index in [9.17, 15) is 19.7 Å². The number of carboxylic acid groups (broad SMARTS) is 1. The summed E-state index contributed by atoms with van der Waals surface area (Å²) in [6.45, 7) is 1.87. The number of carbonyl (C=O) groups is 2. The zero-order valence-electron chi connectivity index (χ0n) is 11.3. The Morgan fingerprint density at radius 1 is 1.48 bits per heavy atom. The van der Waals surface area contributed by atoms with E-state index in [1.54, 1.807) is 6.92 Å². The number of morpholine rings is 1. The molecule has 0 saturated carbocycles. The highest BCUT2D eigenvalue weighted by Crippen LogP contribution is 2.23. The lowest BCUT2D eigenvalue weighted by molar-refractivity contribution is -0.385. The summed E-state index contributed by atoms with van der Waals surface area (Å²) < 4.78 is 5.05. The number of benzene rings is 1. The minimum Gasteiger partial charge on any atom is -0.480 e. The van der Waals surface area contributed by atoms with Crippen LogP contribution in [0.4, 0.5) is 5.69 Å². The molecule has 0 bridgehead atoms. The van der Waals surface area contributed by atoms with Crippen LogP contribution in [-0.4, -0.2) is 52.6 Å². The van der Waals surface area contributed by atoms with Crippen molar-refractivity contribution in [2.24, 2.45) is 0 Å². The summed E-state index contributed by atoms with van der Waals surface area (Å²) in [6, 6.07) is 3.04. The van der Waals surface area contributed by atoms with Gasteiger partial charge in [-0.25, -0.2) is 4.79 Å². The van der Waals surface area contributed by atoms with Crippen LogP contribution in [0.25, 0.3) is 0 Å². The smallest absolute Gasteiger partial charge is 0.328 e. The normalized spacial score (nSPS) is 18.3. The van der Waals surface area contributed by atoms with E-state index in [1.165, 1.54) is 18.2 Å². The first-order valence-electron chi connectivity index (χ1n) is 6.28. The lowest BCUT2D eigenvalue weighted by Gasteiger charge is -2.32. The fourth-order valence-electron chi connectivity index (χ4n) is 2.19. The maximum absolute atomic E-state index is 12.5. The Balaban J connectivity index is 2.40. The predicted molar refractivity (Wildman–Crippen MR) is 71.1 cm³/mol. The fraction of sp³-hybridized carbons (Fsp3) is 0.385. The van der Waals surface area contributed by atoms with E-state index in [2.05, 4.69) is 0 Å². The van der Waals surface area contributed by atoms with Gasteiger partial charge in [-0.3, -0.25) is 14.9 Å². The third-order valence-corrected chi connectivity index (χ3v) is 3.25. The Labute approximate surface area is 120 Å². The average Bonchev–Trinajstić information content (AvgIpc) is 2.46. The summed E-state index contributed by atoms with van der Waals surface area (Å²) in [5.74, 6) is -1.86. The molecule has 1 atom stereocenters. The summed E-state index contributed by atoms with van der Waals surface area (Å²) in [4.78, 5) is 35.2. The van der Waals surface area contributed by atoms with Crippen molar-refractivity contribution < 1.29 is 24.4 Å². The van der Waals surface area contributed by atoms with Crippen molar-refractivity contribution in [3.8, 4) is 0 Å². The monoisotopic (exact) mass is 294 g/mol. The van der Waals surface area contributed by atoms with E-state index in [0.29, 0.717) is 5.56 Å². The number of hydrogen-bond donors (Lipinski definition) is 1. The van der Waals surface area contributed by atoms with Crippen LogP contribution < -0.4 is 0 Å². The Morgan fingerprint density at radius 3 is 2.81 bits per heavy atom. The molecular formula is C13H14N2O6. The van der Waals surface area contributed by atoms with Gasteiger partial charge in [0, 0.05) is 12.6 Å². The zero-order valence-corrected chi connectivity index (χ0v) is 11.3. The van der Waals surface area contributed by atoms with Gasteiger partial charge in [-0.05, 0) is 18.6 Å². The molecule has 0 spiro atoms. The molecule has 1 aliphatic heterocycles. The molecule has 8 nitrogen and oxygen atoms in total. The second-order valence-corrected chi connectivity index (χ2v) is 4.71. The van der Waals surface area contributed by atoms with E-state index in [4.69, 9.17) is 9.84 Å². The highest BCUT2D eigenvalue weighted by molar-refractivity contribution is 6.00. The molecule has 8 heteroatoms. The van der Waals surface area contributed by atoms with Crippen LogP contribution in [0.3, 0.4) is 0 Å². The summed E-state index contributed by atoms with van der Waals surface area (Å²) in [5, 5.41) is 20.2. The largest absolute Gasteiger partial charge is 0.480 e. The van der Waals surface area contributed by atoms with Crippen LogP contribution in [0.2, 0.25) is 0 Å². The van der Waals surface area contributed by atoms with Crippen LogP contribution in [-0.2, 0) is 9.53 Å². The van der Waals surface area contributed by atoms with Crippen molar-refractivity contribution in [3.05, 3.63) is 39.4 Å². The highest BCUT2D eigenvalue weighted by atomic mass is 16.6. The van der Waals surface area contributed by atoms with Crippen molar-refractivity contribution in [2.45, 2.75) is 13.0 Å². The van der Waals surface area contributed by atoms with E-state index in [1.807, 2.05) is 0 Å². The van der Waals surface area contributed by atoms with E-state index in [-0.39, 0.29) is 31.0 Å². The van der Waals surface area contributed by atoms with Gasteiger partial charge in [-0.1, -0.05) is 6.07 Å². The Bertz CT molecular complexity index is 600. The molecule has 1 unspecified atom stereocenters. The number of rotatable bonds is 3. The number of hydrogen-bond acceptors (Lipinski definition) is 5. The number of carbonyl (C=O) groups excluding carboxylic acids is 1. The summed E-state index contributed by atoms with van der Waals surface area (Å²) in [6.07, 6.45) is 0. The first kappa shape index (κ1) is 14.9. The first-order valence-corrected chi connectivity index (χ1v) is 6.28. The lowest BCUT2D eigenvalue weighted by Crippen LogP contribution is -2.52. The molecule has 1 aromatic carbocycles. The van der Waals surface area contributed by atoms with Crippen molar-refractivity contribution in [1.82, 2.24) is 4.90 Å². The molecule has 1 saturated heterocycles. The number of carboxylic acids is 1. The average molecular weight is 294 g/mol. The van der Waals surface area contributed by atoms with Gasteiger partial charge in [0.15, 0.2) is 6.04 Å². The molecule has 21 heavy (non-hydrogen) atoms. The molecule has 0 radical (unpaired) electrons. The maximum atomic E-state index is 12.5. The number of aliphatic carboxylic acids is 1. The summed E-state index contributed by atoms with van der Waals surface area (Å²) in [5.41, 5.74) is 0.249. The number of nitro benzene ring substituents is 1. The lowest BCUT2D eigenvalue weighted by atomic mass is 10.1. The van der Waals surface area contributed by atoms with Crippen molar-refractivity contribution >= 4 is 17.6 Å². The van der Waals surface area contributed by atoms with Crippen LogP contribution in [0, 0.1) is 17.0 Å². The molecule has 1 aromatic rings. The molecule has 0 aliphatic carbocycles. The molecule has 1 fully saturated rings. The molecule has 1 amide bonds. The van der Waals surface area contributed by atoms with Gasteiger partial charge in [-0.2, -0.15) is 0 Å². The van der Waals surface area contributed by atoms with Gasteiger partial charge in [0.25, 0.3) is 11.6 Å². The van der Waals surface area contributed by atoms with Crippen molar-refractivity contribution in [2.75, 3.05) is 19.8 Å². The van der Waals surface area contributed by atoms with E-state index >= 15 is 0 Å². The van der Waals surface area contributed by atoms with Crippen LogP contribution >= 0.6 is 0 Å². The third kappa shape index (κ3) is 3.00. The molecule has 2 rings (SSSR count). The second-order valence-electron chi connectivity index (χ2n) is 4.71. The van der Waals surface area contributed by atoms with Gasteiger partial charge >= 0.3 is 5.97 Å². The molecule has 1 N–H and O–H groups in total. The summed E-state index contributed by atoms with van der Waals surface area (Å²) >= 11 is 0. The van der Waals surface area contributed by atoms with Crippen LogP contribution in [0.15, 0.2) is 18.2 Å². The number of amides is 1. The fourth-order valence-corrected chi connectivity index (χ4v) is 2.19. The molecule has 1 heterocycles. The molecule has 1 aliphatic rings. The van der Waals surface area contributed by atoms with Gasteiger partial charge in [0.1, 0.15) is 5.56 Å². The quantitative estimate of drug-likeness (QED) is 0.653. The number of nitrogens with zero attached hydrogens (tertiary/aromatic N) is 2. The molecule has 112 valence electrons. The number of ether oxygens (including phenoxy) is 1. The minimum atomic E-state index is -1.20. The first-order chi connectivity index (χ1) is 9.91. The second kappa shape index (κ2) is 5.88. The SMILES string of the molecule is Cc1ccc([N+](=O)[O-])c(C(=O)N2CCOCC2C(=O)O)c1. The van der Waals surface area contributed by atoms with Crippen molar-refractivity contribution in [1.29, 1.82) is 0 Å². The Hall–Kier alpha value is -2.48. The van der Waals surface area contributed by atoms with Gasteiger partial charge in [-0.15, -0.1) is 0 Å². The zero-order chi connectivity index (χ0) is 15.6. The number of aryl methyl sites for hydroxylation is 1. The third-order valence-electron chi connectivity index (χ3n) is 3.25. The Morgan fingerprint density at radius 2 is 2.19 bits per heavy atom. The van der Waals surface area contributed by atoms with Crippen LogP contribution in [0.1, 0.15) is 15.9 Å². The van der Waals surface area contributed by atoms with Gasteiger partial charge < -0.3 is 14.7 Å². The topological polar surface area (TPSA) is 110 Å². The van der Waals surface area contributed by atoms with Crippen molar-refractivity contribution in [3.63, 3.8) is 0 Å². The molecular weight excluding hydrogens is 280 g/mol. The molecule has 0 aromatic heterocycles. The predicted octanol–water partition coefficient (Wildman–Crippen LogP) is 0.829. The van der Waals surface area contributed by atoms with Gasteiger partial charge in [0.2, 0.25) is 0 Å². The van der Waals surface area contributed by atoms with E-state index < -0.39 is 22.8 Å². The van der Waals surface area contributed by atoms with E-state index in [0.717, 1.165) is 4.90 Å². The highest BCUT2D eigenvalue weighted by Gasteiger charge is 2.35. The van der Waals surface area contributed by atoms with Gasteiger partial charge in [0.05, 0.1) is 18.1 Å². The standard InChI is InChI=1S/C13H14N2O6/c1-8-2-3-10(15(19)20)9(6-8)12(16)14-4-5-21-7-11(14)13(17)18/h2-3,6,11H,4-5,7H2,1H3,(H,17,18). The number of nitro groups is 1. The maximum Gasteiger partial charge on any atom is 0.328 e. The summed E-state index contributed by atoms with van der Waals surface area (Å²) in [7, 11) is 0. The van der Waals surface area contributed by atoms with Crippen LogP contribution in [0.5, 0.6) is 0 Å². The minimum absolute atomic E-state index is 0.0842.